The van der Waals surface area contributed by atoms with Gasteiger partial charge in [-0.25, -0.2) is 0 Å². The number of ether oxygens (including phenoxy) is 1. The standard InChI is InChI=1S/C23H38O7/c1-2-3-6-9-17(25)12-13-20-19(21(27)14-22(20)28)10-7-4-5-8-11-23(29)30-16-18(26)15-24/h4,7,12-13,17-21,24-27H,2-3,5-6,8-11,14-16H2,1H3/b7-4-,13-12+/t17-,18+,19-,20+,21-/m0/s1. The molecule has 172 valence electrons. The number of carbonyl (C=O) groups excluding carboxylic acids is 2. The van der Waals surface area contributed by atoms with Crippen molar-refractivity contribution in [1.82, 2.24) is 0 Å². The lowest BCUT2D eigenvalue weighted by atomic mass is 9.90. The number of ketones is 1. The molecule has 0 aromatic rings. The lowest BCUT2D eigenvalue weighted by Crippen LogP contribution is -2.21. The molecule has 7 nitrogen and oxygen atoms in total. The molecule has 0 aromatic heterocycles. The molecule has 0 unspecified atom stereocenters. The van der Waals surface area contributed by atoms with Crippen LogP contribution in [-0.2, 0) is 14.3 Å². The molecular formula is C23H38O7. The average Bonchev–Trinajstić information content (AvgIpc) is 2.99. The van der Waals surface area contributed by atoms with Crippen molar-refractivity contribution in [2.45, 2.75) is 83.0 Å². The zero-order valence-electron chi connectivity index (χ0n) is 18.0. The van der Waals surface area contributed by atoms with Crippen molar-refractivity contribution in [1.29, 1.82) is 0 Å². The number of esters is 1. The molecule has 1 aliphatic rings. The molecule has 30 heavy (non-hydrogen) atoms. The van der Waals surface area contributed by atoms with Gasteiger partial charge in [0.15, 0.2) is 0 Å². The van der Waals surface area contributed by atoms with E-state index in [0.29, 0.717) is 25.7 Å². The maximum Gasteiger partial charge on any atom is 0.305 e. The predicted molar refractivity (Wildman–Crippen MR) is 114 cm³/mol. The van der Waals surface area contributed by atoms with Gasteiger partial charge < -0.3 is 25.2 Å². The van der Waals surface area contributed by atoms with Crippen LogP contribution in [0.5, 0.6) is 0 Å². The molecule has 0 amide bonds. The maximum absolute atomic E-state index is 12.2. The van der Waals surface area contributed by atoms with Crippen molar-refractivity contribution < 1.29 is 34.8 Å². The maximum atomic E-state index is 12.2. The van der Waals surface area contributed by atoms with Crippen LogP contribution in [0, 0.1) is 11.8 Å². The first kappa shape index (κ1) is 26.5. The number of rotatable bonds is 15. The number of Topliss-reactive ketones (excluding diaryl/α,β-unsaturated/α-hetero) is 1. The molecule has 0 radical (unpaired) electrons. The zero-order valence-corrected chi connectivity index (χ0v) is 18.0. The molecule has 0 heterocycles. The van der Waals surface area contributed by atoms with E-state index in [1.54, 1.807) is 12.2 Å². The third-order valence-corrected chi connectivity index (χ3v) is 5.36. The highest BCUT2D eigenvalue weighted by Gasteiger charge is 2.39. The SMILES string of the molecule is CCCCC[C@H](O)/C=C/[C@H]1C(=O)C[C@H](O)[C@H]1C/C=C\CCCC(=O)OC[C@H](O)CO. The summed E-state index contributed by atoms with van der Waals surface area (Å²) in [5.41, 5.74) is 0. The number of hydrogen-bond donors (Lipinski definition) is 4. The second kappa shape index (κ2) is 15.3. The molecular weight excluding hydrogens is 388 g/mol. The Balaban J connectivity index is 2.37. The first-order valence-electron chi connectivity index (χ1n) is 11.1. The second-order valence-electron chi connectivity index (χ2n) is 7.99. The fourth-order valence-electron chi connectivity index (χ4n) is 3.52. The molecule has 7 heteroatoms. The quantitative estimate of drug-likeness (QED) is 0.179. The van der Waals surface area contributed by atoms with Crippen LogP contribution in [0.25, 0.3) is 0 Å². The molecule has 0 bridgehead atoms. The van der Waals surface area contributed by atoms with Crippen LogP contribution in [0.1, 0.15) is 64.7 Å². The number of hydrogen-bond acceptors (Lipinski definition) is 7. The number of allylic oxidation sites excluding steroid dienone is 3. The Morgan fingerprint density at radius 1 is 1.23 bits per heavy atom. The number of unbranched alkanes of at least 4 members (excludes halogenated alkanes) is 3. The van der Waals surface area contributed by atoms with Crippen molar-refractivity contribution in [3.05, 3.63) is 24.3 Å². The van der Waals surface area contributed by atoms with E-state index >= 15 is 0 Å². The van der Waals surface area contributed by atoms with Gasteiger partial charge in [0, 0.05) is 24.7 Å². The zero-order chi connectivity index (χ0) is 22.4. The summed E-state index contributed by atoms with van der Waals surface area (Å²) in [6.45, 7) is 1.45. The minimum absolute atomic E-state index is 0.00530. The third kappa shape index (κ3) is 10.5. The number of aliphatic hydroxyl groups excluding tert-OH is 4. The van der Waals surface area contributed by atoms with Gasteiger partial charge in [-0.1, -0.05) is 50.5 Å². The van der Waals surface area contributed by atoms with Crippen LogP contribution in [0.15, 0.2) is 24.3 Å². The molecule has 1 rings (SSSR count). The summed E-state index contributed by atoms with van der Waals surface area (Å²) in [5.74, 6) is -0.989. The van der Waals surface area contributed by atoms with E-state index < -0.39 is 30.9 Å². The molecule has 1 aliphatic carbocycles. The van der Waals surface area contributed by atoms with E-state index in [0.717, 1.165) is 19.3 Å². The highest BCUT2D eigenvalue weighted by molar-refractivity contribution is 5.86. The van der Waals surface area contributed by atoms with E-state index in [1.807, 2.05) is 12.2 Å². The normalized spacial score (nSPS) is 24.0. The number of aliphatic hydroxyl groups is 4. The van der Waals surface area contributed by atoms with E-state index in [4.69, 9.17) is 14.9 Å². The fraction of sp³-hybridized carbons (Fsp3) is 0.739. The van der Waals surface area contributed by atoms with Gasteiger partial charge in [-0.2, -0.15) is 0 Å². The van der Waals surface area contributed by atoms with Gasteiger partial charge in [0.05, 0.1) is 18.8 Å². The van der Waals surface area contributed by atoms with Gasteiger partial charge in [0.2, 0.25) is 0 Å². The fourth-order valence-corrected chi connectivity index (χ4v) is 3.52. The van der Waals surface area contributed by atoms with Gasteiger partial charge >= 0.3 is 5.97 Å². The molecule has 0 saturated heterocycles. The molecule has 1 fully saturated rings. The third-order valence-electron chi connectivity index (χ3n) is 5.36. The van der Waals surface area contributed by atoms with Gasteiger partial charge in [0.25, 0.3) is 0 Å². The van der Waals surface area contributed by atoms with Crippen LogP contribution < -0.4 is 0 Å². The molecule has 0 spiro atoms. The van der Waals surface area contributed by atoms with Crippen LogP contribution >= 0.6 is 0 Å². The molecule has 1 saturated carbocycles. The minimum atomic E-state index is -1.05. The van der Waals surface area contributed by atoms with Crippen molar-refractivity contribution in [3.8, 4) is 0 Å². The van der Waals surface area contributed by atoms with Gasteiger partial charge in [-0.05, 0) is 25.7 Å². The summed E-state index contributed by atoms with van der Waals surface area (Å²) in [7, 11) is 0. The topological polar surface area (TPSA) is 124 Å². The molecule has 0 aromatic carbocycles. The van der Waals surface area contributed by atoms with Crippen LogP contribution in [-0.4, -0.2) is 63.7 Å². The smallest absolute Gasteiger partial charge is 0.305 e. The average molecular weight is 427 g/mol. The van der Waals surface area contributed by atoms with Gasteiger partial charge in [-0.15, -0.1) is 0 Å². The molecule has 4 N–H and O–H groups in total. The Morgan fingerprint density at radius 3 is 2.70 bits per heavy atom. The Hall–Kier alpha value is -1.54. The summed E-state index contributed by atoms with van der Waals surface area (Å²) >= 11 is 0. The van der Waals surface area contributed by atoms with Crippen molar-refractivity contribution in [2.75, 3.05) is 13.2 Å². The highest BCUT2D eigenvalue weighted by Crippen LogP contribution is 2.33. The Bertz CT molecular complexity index is 558. The highest BCUT2D eigenvalue weighted by atomic mass is 16.5. The van der Waals surface area contributed by atoms with Crippen LogP contribution in [0.3, 0.4) is 0 Å². The lowest BCUT2D eigenvalue weighted by molar-refractivity contribution is -0.147. The number of carbonyl (C=O) groups is 2. The van der Waals surface area contributed by atoms with Crippen molar-refractivity contribution >= 4 is 11.8 Å². The summed E-state index contributed by atoms with van der Waals surface area (Å²) in [6, 6.07) is 0. The lowest BCUT2D eigenvalue weighted by Gasteiger charge is -2.17. The van der Waals surface area contributed by atoms with E-state index in [-0.39, 0.29) is 37.1 Å². The first-order valence-corrected chi connectivity index (χ1v) is 11.1. The minimum Gasteiger partial charge on any atom is -0.463 e. The Labute approximate surface area is 179 Å². The summed E-state index contributed by atoms with van der Waals surface area (Å²) < 4.78 is 4.83. The van der Waals surface area contributed by atoms with E-state index in [1.165, 1.54) is 0 Å². The predicted octanol–water partition coefficient (Wildman–Crippen LogP) is 2.06. The van der Waals surface area contributed by atoms with Gasteiger partial charge in [0.1, 0.15) is 18.5 Å². The summed E-state index contributed by atoms with van der Waals surface area (Å²) in [6.07, 6.45) is 11.0. The van der Waals surface area contributed by atoms with E-state index in [9.17, 15) is 19.8 Å². The Kier molecular flexibility index (Phi) is 13.5. The van der Waals surface area contributed by atoms with E-state index in [2.05, 4.69) is 6.92 Å². The summed E-state index contributed by atoms with van der Waals surface area (Å²) in [5, 5.41) is 38.0. The van der Waals surface area contributed by atoms with Crippen LogP contribution in [0.2, 0.25) is 0 Å². The molecule has 0 aliphatic heterocycles. The second-order valence-corrected chi connectivity index (χ2v) is 7.99. The summed E-state index contributed by atoms with van der Waals surface area (Å²) in [4.78, 5) is 23.7. The molecule has 5 atom stereocenters. The Morgan fingerprint density at radius 2 is 2.00 bits per heavy atom. The first-order chi connectivity index (χ1) is 14.4. The largest absolute Gasteiger partial charge is 0.463 e. The van der Waals surface area contributed by atoms with Crippen molar-refractivity contribution in [3.63, 3.8) is 0 Å². The van der Waals surface area contributed by atoms with Crippen LogP contribution in [0.4, 0.5) is 0 Å². The monoisotopic (exact) mass is 426 g/mol. The van der Waals surface area contributed by atoms with Gasteiger partial charge in [-0.3, -0.25) is 9.59 Å². The van der Waals surface area contributed by atoms with Crippen molar-refractivity contribution in [2.24, 2.45) is 11.8 Å².